The van der Waals surface area contributed by atoms with Crippen LogP contribution in [0.5, 0.6) is 0 Å². The molecule has 46 heavy (non-hydrogen) atoms. The van der Waals surface area contributed by atoms with Gasteiger partial charge in [0.05, 0.1) is 11.3 Å². The van der Waals surface area contributed by atoms with Gasteiger partial charge in [0.1, 0.15) is 6.04 Å². The van der Waals surface area contributed by atoms with Crippen molar-refractivity contribution in [3.63, 3.8) is 0 Å². The molecule has 0 radical (unpaired) electrons. The molecule has 5 rings (SSSR count). The van der Waals surface area contributed by atoms with Crippen LogP contribution in [0.25, 0.3) is 22.5 Å². The van der Waals surface area contributed by atoms with Crippen LogP contribution >= 0.6 is 11.3 Å². The lowest BCUT2D eigenvalue weighted by Crippen LogP contribution is -2.48. The van der Waals surface area contributed by atoms with E-state index in [4.69, 9.17) is 5.11 Å². The number of rotatable bonds is 11. The van der Waals surface area contributed by atoms with E-state index in [1.165, 1.54) is 49.0 Å². The molecule has 2 aromatic carbocycles. The molecule has 1 aliphatic rings. The van der Waals surface area contributed by atoms with Crippen LogP contribution in [0, 0.1) is 0 Å². The number of carbonyl (C=O) groups is 3. The molecule has 3 N–H and O–H groups in total. The molecule has 2 heterocycles. The van der Waals surface area contributed by atoms with Crippen molar-refractivity contribution in [1.82, 2.24) is 20.6 Å². The van der Waals surface area contributed by atoms with Gasteiger partial charge in [0.2, 0.25) is 5.91 Å². The maximum atomic E-state index is 13.1. The first-order chi connectivity index (χ1) is 22.1. The highest BCUT2D eigenvalue weighted by molar-refractivity contribution is 7.14. The molecule has 2 amide bonds. The Morgan fingerprint density at radius 1 is 0.870 bits per heavy atom. The molecule has 4 aromatic rings. The van der Waals surface area contributed by atoms with Crippen molar-refractivity contribution < 1.29 is 19.5 Å². The molecule has 0 aliphatic heterocycles. The van der Waals surface area contributed by atoms with E-state index < -0.39 is 17.9 Å². The maximum absolute atomic E-state index is 13.1. The van der Waals surface area contributed by atoms with E-state index in [0.29, 0.717) is 16.6 Å². The summed E-state index contributed by atoms with van der Waals surface area (Å²) in [7, 11) is 0. The summed E-state index contributed by atoms with van der Waals surface area (Å²) >= 11 is 1.40. The summed E-state index contributed by atoms with van der Waals surface area (Å²) in [6, 6.07) is 19.2. The van der Waals surface area contributed by atoms with Crippen LogP contribution < -0.4 is 10.6 Å². The zero-order valence-corrected chi connectivity index (χ0v) is 27.5. The van der Waals surface area contributed by atoms with Crippen molar-refractivity contribution in [1.29, 1.82) is 0 Å². The molecule has 9 heteroatoms. The first kappa shape index (κ1) is 33.0. The lowest BCUT2D eigenvalue weighted by molar-refractivity contribution is -0.137. The summed E-state index contributed by atoms with van der Waals surface area (Å²) in [6.07, 6.45) is 10.3. The second kappa shape index (κ2) is 14.8. The molecule has 1 atom stereocenters. The molecule has 0 spiro atoms. The first-order valence-corrected chi connectivity index (χ1v) is 16.8. The molecule has 0 saturated heterocycles. The fourth-order valence-electron chi connectivity index (χ4n) is 5.75. The van der Waals surface area contributed by atoms with Gasteiger partial charge in [0.25, 0.3) is 5.91 Å². The SMILES string of the molecule is CC(C)(C)c1ccc(C(=O)N[C@@H](Cc2ccc(-c3ncc(-c4ccc(C5CCCCC5)cc4)cn3)cc2)C(=O)NCCC(=O)O)s1. The zero-order chi connectivity index (χ0) is 32.7. The summed E-state index contributed by atoms with van der Waals surface area (Å²) in [4.78, 5) is 48.0. The third-order valence-corrected chi connectivity index (χ3v) is 9.96. The van der Waals surface area contributed by atoms with Crippen molar-refractivity contribution in [2.24, 2.45) is 0 Å². The van der Waals surface area contributed by atoms with Crippen molar-refractivity contribution in [3.8, 4) is 22.5 Å². The van der Waals surface area contributed by atoms with E-state index in [-0.39, 0.29) is 30.7 Å². The highest BCUT2D eigenvalue weighted by atomic mass is 32.1. The third-order valence-electron chi connectivity index (χ3n) is 8.45. The van der Waals surface area contributed by atoms with Crippen LogP contribution in [0.15, 0.2) is 73.1 Å². The Bertz CT molecular complexity index is 1630. The second-order valence-electron chi connectivity index (χ2n) is 13.0. The van der Waals surface area contributed by atoms with Gasteiger partial charge in [-0.3, -0.25) is 14.4 Å². The van der Waals surface area contributed by atoms with Gasteiger partial charge in [0, 0.05) is 41.4 Å². The predicted octanol–water partition coefficient (Wildman–Crippen LogP) is 7.15. The van der Waals surface area contributed by atoms with E-state index in [1.54, 1.807) is 6.07 Å². The van der Waals surface area contributed by atoms with Crippen molar-refractivity contribution in [3.05, 3.63) is 93.9 Å². The van der Waals surface area contributed by atoms with Crippen LogP contribution in [0.3, 0.4) is 0 Å². The summed E-state index contributed by atoms with van der Waals surface area (Å²) in [5.41, 5.74) is 5.04. The lowest BCUT2D eigenvalue weighted by atomic mass is 9.84. The number of nitrogens with one attached hydrogen (secondary N) is 2. The molecule has 0 bridgehead atoms. The van der Waals surface area contributed by atoms with Crippen LogP contribution in [-0.4, -0.2) is 45.4 Å². The van der Waals surface area contributed by atoms with Crippen molar-refractivity contribution in [2.75, 3.05) is 6.54 Å². The number of hydrogen-bond acceptors (Lipinski definition) is 6. The van der Waals surface area contributed by atoms with Gasteiger partial charge >= 0.3 is 5.97 Å². The Morgan fingerprint density at radius 2 is 1.52 bits per heavy atom. The average molecular weight is 639 g/mol. The average Bonchev–Trinajstić information content (AvgIpc) is 3.57. The fraction of sp³-hybridized carbons (Fsp3) is 0.378. The Labute approximate surface area is 274 Å². The van der Waals surface area contributed by atoms with Crippen LogP contribution in [0.4, 0.5) is 0 Å². The highest BCUT2D eigenvalue weighted by Crippen LogP contribution is 2.34. The molecule has 0 unspecified atom stereocenters. The molecule has 240 valence electrons. The largest absolute Gasteiger partial charge is 0.481 e. The second-order valence-corrected chi connectivity index (χ2v) is 14.1. The maximum Gasteiger partial charge on any atom is 0.305 e. The molecule has 1 saturated carbocycles. The van der Waals surface area contributed by atoms with Gasteiger partial charge in [-0.2, -0.15) is 0 Å². The Morgan fingerprint density at radius 3 is 2.13 bits per heavy atom. The van der Waals surface area contributed by atoms with E-state index in [1.807, 2.05) is 42.7 Å². The lowest BCUT2D eigenvalue weighted by Gasteiger charge is -2.22. The number of aromatic nitrogens is 2. The monoisotopic (exact) mass is 638 g/mol. The number of aliphatic carboxylic acids is 1. The van der Waals surface area contributed by atoms with Gasteiger partial charge in [0.15, 0.2) is 5.82 Å². The van der Waals surface area contributed by atoms with E-state index >= 15 is 0 Å². The topological polar surface area (TPSA) is 121 Å². The minimum absolute atomic E-state index is 0.0232. The number of nitrogens with zero attached hydrogens (tertiary/aromatic N) is 2. The summed E-state index contributed by atoms with van der Waals surface area (Å²) in [5, 5.41) is 14.5. The minimum atomic E-state index is -1.01. The van der Waals surface area contributed by atoms with E-state index in [2.05, 4.69) is 65.6 Å². The number of thiophene rings is 1. The molecule has 1 aliphatic carbocycles. The first-order valence-electron chi connectivity index (χ1n) is 16.0. The number of benzene rings is 2. The molecular formula is C37H42N4O4S. The Hall–Kier alpha value is -4.37. The number of amides is 2. The normalized spacial score (nSPS) is 14.4. The third kappa shape index (κ3) is 8.66. The molecule has 8 nitrogen and oxygen atoms in total. The molecule has 2 aromatic heterocycles. The number of carbonyl (C=O) groups excluding carboxylic acids is 2. The Balaban J connectivity index is 1.25. The molecule has 1 fully saturated rings. The van der Waals surface area contributed by atoms with E-state index in [9.17, 15) is 14.4 Å². The van der Waals surface area contributed by atoms with Gasteiger partial charge in [-0.25, -0.2) is 9.97 Å². The highest BCUT2D eigenvalue weighted by Gasteiger charge is 2.24. The van der Waals surface area contributed by atoms with Crippen LogP contribution in [0.1, 0.15) is 90.9 Å². The van der Waals surface area contributed by atoms with Crippen molar-refractivity contribution in [2.45, 2.75) is 83.1 Å². The summed E-state index contributed by atoms with van der Waals surface area (Å²) < 4.78 is 0. The summed E-state index contributed by atoms with van der Waals surface area (Å²) in [6.45, 7) is 6.22. The van der Waals surface area contributed by atoms with Gasteiger partial charge < -0.3 is 15.7 Å². The number of hydrogen-bond donors (Lipinski definition) is 3. The van der Waals surface area contributed by atoms with Gasteiger partial charge in [-0.1, -0.05) is 88.6 Å². The smallest absolute Gasteiger partial charge is 0.305 e. The number of carboxylic acids is 1. The minimum Gasteiger partial charge on any atom is -0.481 e. The van der Waals surface area contributed by atoms with Crippen LogP contribution in [-0.2, 0) is 21.4 Å². The Kier molecular flexibility index (Phi) is 10.6. The standard InChI is InChI=1S/C37H42N4O4S/c1-37(2,3)32-18-17-31(46-32)36(45)41-30(35(44)38-20-19-33(42)43)21-24-9-11-28(12-10-24)34-39-22-29(23-40-34)27-15-13-26(14-16-27)25-7-5-4-6-8-25/h9-18,22-23,25,30H,4-8,19-21H2,1-3H3,(H,38,44)(H,41,45)(H,42,43)/t30-/m0/s1. The van der Waals surface area contributed by atoms with E-state index in [0.717, 1.165) is 27.1 Å². The van der Waals surface area contributed by atoms with Crippen LogP contribution in [0.2, 0.25) is 0 Å². The van der Waals surface area contributed by atoms with Crippen molar-refractivity contribution >= 4 is 29.1 Å². The predicted molar refractivity (Wildman–Crippen MR) is 182 cm³/mol. The number of carboxylic acid groups (broad SMARTS) is 1. The molecular weight excluding hydrogens is 596 g/mol. The zero-order valence-electron chi connectivity index (χ0n) is 26.7. The van der Waals surface area contributed by atoms with Gasteiger partial charge in [-0.15, -0.1) is 11.3 Å². The fourth-order valence-corrected chi connectivity index (χ4v) is 6.72. The summed E-state index contributed by atoms with van der Waals surface area (Å²) in [5.74, 6) is -0.514. The quantitative estimate of drug-likeness (QED) is 0.160. The van der Waals surface area contributed by atoms with Gasteiger partial charge in [-0.05, 0) is 53.0 Å².